The average molecular weight is 256 g/mol. The highest BCUT2D eigenvalue weighted by Crippen LogP contribution is 2.21. The highest BCUT2D eigenvalue weighted by atomic mass is 35.5. The van der Waals surface area contributed by atoms with Crippen LogP contribution in [-0.2, 0) is 4.79 Å². The molecule has 0 unspecified atom stereocenters. The number of benzene rings is 1. The first-order chi connectivity index (χ1) is 7.95. The summed E-state index contributed by atoms with van der Waals surface area (Å²) in [6, 6.07) is 4.04. The molecule has 1 atom stereocenters. The van der Waals surface area contributed by atoms with Gasteiger partial charge in [-0.05, 0) is 25.1 Å². The van der Waals surface area contributed by atoms with Gasteiger partial charge in [0.25, 0.3) is 5.91 Å². The van der Waals surface area contributed by atoms with Crippen molar-refractivity contribution < 1.29 is 9.59 Å². The van der Waals surface area contributed by atoms with Gasteiger partial charge >= 0.3 is 0 Å². The van der Waals surface area contributed by atoms with Gasteiger partial charge in [-0.1, -0.05) is 11.6 Å². The van der Waals surface area contributed by atoms with E-state index in [9.17, 15) is 9.59 Å². The second-order valence-corrected chi connectivity index (χ2v) is 3.96. The Morgan fingerprint density at radius 3 is 2.53 bits per heavy atom. The van der Waals surface area contributed by atoms with E-state index in [0.717, 1.165) is 0 Å². The zero-order chi connectivity index (χ0) is 13.0. The summed E-state index contributed by atoms with van der Waals surface area (Å²) in [6.07, 6.45) is 0. The Balaban J connectivity index is 2.89. The topological polar surface area (TPSA) is 84.2 Å². The number of anilines is 1. The van der Waals surface area contributed by atoms with Crippen LogP contribution in [0.3, 0.4) is 0 Å². The van der Waals surface area contributed by atoms with Crippen molar-refractivity contribution in [3.63, 3.8) is 0 Å². The van der Waals surface area contributed by atoms with Gasteiger partial charge in [0.1, 0.15) is 0 Å². The SMILES string of the molecule is CNC(=O)c1ccc(NC(=O)[C@H](C)N)cc1Cl. The molecule has 0 aliphatic carbocycles. The number of hydrogen-bond acceptors (Lipinski definition) is 3. The van der Waals surface area contributed by atoms with Crippen LogP contribution in [0.4, 0.5) is 5.69 Å². The highest BCUT2D eigenvalue weighted by Gasteiger charge is 2.11. The molecular formula is C11H14ClN3O2. The summed E-state index contributed by atoms with van der Waals surface area (Å²) in [5.41, 5.74) is 6.27. The molecule has 0 radical (unpaired) electrons. The molecule has 1 aromatic carbocycles. The van der Waals surface area contributed by atoms with Gasteiger partial charge in [-0.25, -0.2) is 0 Å². The Morgan fingerprint density at radius 1 is 1.41 bits per heavy atom. The maximum absolute atomic E-state index is 11.4. The molecule has 2 amide bonds. The first-order valence-electron chi connectivity index (χ1n) is 5.03. The smallest absolute Gasteiger partial charge is 0.252 e. The van der Waals surface area contributed by atoms with Crippen molar-refractivity contribution in [3.05, 3.63) is 28.8 Å². The molecule has 1 rings (SSSR count). The van der Waals surface area contributed by atoms with Gasteiger partial charge in [-0.3, -0.25) is 9.59 Å². The van der Waals surface area contributed by atoms with E-state index in [0.29, 0.717) is 11.3 Å². The van der Waals surface area contributed by atoms with Crippen LogP contribution >= 0.6 is 11.6 Å². The quantitative estimate of drug-likeness (QED) is 0.753. The van der Waals surface area contributed by atoms with Crippen LogP contribution in [-0.4, -0.2) is 24.9 Å². The molecular weight excluding hydrogens is 242 g/mol. The number of hydrogen-bond donors (Lipinski definition) is 3. The van der Waals surface area contributed by atoms with Crippen LogP contribution in [0, 0.1) is 0 Å². The minimum Gasteiger partial charge on any atom is -0.355 e. The van der Waals surface area contributed by atoms with E-state index < -0.39 is 6.04 Å². The Bertz CT molecular complexity index is 446. The third-order valence-electron chi connectivity index (χ3n) is 2.12. The van der Waals surface area contributed by atoms with Crippen LogP contribution in [0.25, 0.3) is 0 Å². The molecule has 1 aromatic rings. The normalized spacial score (nSPS) is 11.8. The van der Waals surface area contributed by atoms with E-state index in [1.54, 1.807) is 13.0 Å². The second-order valence-electron chi connectivity index (χ2n) is 3.55. The Labute approximate surface area is 104 Å². The molecule has 0 spiro atoms. The summed E-state index contributed by atoms with van der Waals surface area (Å²) in [6.45, 7) is 1.58. The minimum absolute atomic E-state index is 0.270. The first kappa shape index (κ1) is 13.5. The van der Waals surface area contributed by atoms with Crippen LogP contribution < -0.4 is 16.4 Å². The number of carbonyl (C=O) groups is 2. The number of nitrogens with one attached hydrogen (secondary N) is 2. The highest BCUT2D eigenvalue weighted by molar-refractivity contribution is 6.34. The molecule has 0 aliphatic heterocycles. The van der Waals surface area contributed by atoms with E-state index in [4.69, 9.17) is 17.3 Å². The number of amides is 2. The molecule has 0 saturated carbocycles. The predicted molar refractivity (Wildman–Crippen MR) is 67.1 cm³/mol. The van der Waals surface area contributed by atoms with E-state index in [2.05, 4.69) is 10.6 Å². The van der Waals surface area contributed by atoms with Gasteiger partial charge in [-0.2, -0.15) is 0 Å². The summed E-state index contributed by atoms with van der Waals surface area (Å²) in [7, 11) is 1.52. The number of carbonyl (C=O) groups excluding carboxylic acids is 2. The fourth-order valence-electron chi connectivity index (χ4n) is 1.17. The van der Waals surface area contributed by atoms with E-state index in [1.165, 1.54) is 19.2 Å². The number of nitrogens with two attached hydrogens (primary N) is 1. The molecule has 5 nitrogen and oxygen atoms in total. The van der Waals surface area contributed by atoms with E-state index in [-0.39, 0.29) is 16.8 Å². The van der Waals surface area contributed by atoms with Crippen LogP contribution in [0.5, 0.6) is 0 Å². The summed E-state index contributed by atoms with van der Waals surface area (Å²) < 4.78 is 0. The molecule has 92 valence electrons. The lowest BCUT2D eigenvalue weighted by Crippen LogP contribution is -2.32. The van der Waals surface area contributed by atoms with Gasteiger partial charge < -0.3 is 16.4 Å². The number of rotatable bonds is 3. The van der Waals surface area contributed by atoms with Crippen molar-refractivity contribution in [1.29, 1.82) is 0 Å². The summed E-state index contributed by atoms with van der Waals surface area (Å²) >= 11 is 5.92. The zero-order valence-corrected chi connectivity index (χ0v) is 10.3. The summed E-state index contributed by atoms with van der Waals surface area (Å²) in [5.74, 6) is -0.589. The largest absolute Gasteiger partial charge is 0.355 e. The van der Waals surface area contributed by atoms with Gasteiger partial charge in [0.05, 0.1) is 16.6 Å². The van der Waals surface area contributed by atoms with Gasteiger partial charge in [0.2, 0.25) is 5.91 Å². The van der Waals surface area contributed by atoms with Crippen molar-refractivity contribution in [3.8, 4) is 0 Å². The van der Waals surface area contributed by atoms with Crippen molar-refractivity contribution in [2.24, 2.45) is 5.73 Å². The fraction of sp³-hybridized carbons (Fsp3) is 0.273. The van der Waals surface area contributed by atoms with E-state index >= 15 is 0 Å². The minimum atomic E-state index is -0.604. The molecule has 0 aromatic heterocycles. The van der Waals surface area contributed by atoms with Gasteiger partial charge in [0.15, 0.2) is 0 Å². The monoisotopic (exact) mass is 255 g/mol. The Morgan fingerprint density at radius 2 is 2.06 bits per heavy atom. The lowest BCUT2D eigenvalue weighted by molar-refractivity contribution is -0.117. The average Bonchev–Trinajstić information content (AvgIpc) is 2.28. The molecule has 0 saturated heterocycles. The van der Waals surface area contributed by atoms with Gasteiger partial charge in [-0.15, -0.1) is 0 Å². The Kier molecular flexibility index (Phi) is 4.48. The molecule has 4 N–H and O–H groups in total. The third kappa shape index (κ3) is 3.44. The summed E-state index contributed by atoms with van der Waals surface area (Å²) in [5, 5.41) is 5.33. The lowest BCUT2D eigenvalue weighted by Gasteiger charge is -2.09. The standard InChI is InChI=1S/C11H14ClN3O2/c1-6(13)10(16)15-7-3-4-8(9(12)5-7)11(17)14-2/h3-6H,13H2,1-2H3,(H,14,17)(H,15,16)/t6-/m0/s1. The van der Waals surface area contributed by atoms with E-state index in [1.807, 2.05) is 0 Å². The molecule has 0 bridgehead atoms. The predicted octanol–water partition coefficient (Wildman–Crippen LogP) is 0.985. The van der Waals surface area contributed by atoms with Crippen molar-refractivity contribution in [2.45, 2.75) is 13.0 Å². The molecule has 17 heavy (non-hydrogen) atoms. The second kappa shape index (κ2) is 5.65. The zero-order valence-electron chi connectivity index (χ0n) is 9.58. The third-order valence-corrected chi connectivity index (χ3v) is 2.43. The Hall–Kier alpha value is -1.59. The van der Waals surface area contributed by atoms with Crippen LogP contribution in [0.2, 0.25) is 5.02 Å². The van der Waals surface area contributed by atoms with Crippen LogP contribution in [0.1, 0.15) is 17.3 Å². The molecule has 0 heterocycles. The van der Waals surface area contributed by atoms with Crippen LogP contribution in [0.15, 0.2) is 18.2 Å². The van der Waals surface area contributed by atoms with Crippen molar-refractivity contribution in [2.75, 3.05) is 12.4 Å². The maximum atomic E-state index is 11.4. The maximum Gasteiger partial charge on any atom is 0.252 e. The lowest BCUT2D eigenvalue weighted by atomic mass is 10.2. The molecule has 6 heteroatoms. The molecule has 0 fully saturated rings. The summed E-state index contributed by atoms with van der Waals surface area (Å²) in [4.78, 5) is 22.7. The van der Waals surface area contributed by atoms with Gasteiger partial charge in [0, 0.05) is 12.7 Å². The molecule has 0 aliphatic rings. The fourth-order valence-corrected chi connectivity index (χ4v) is 1.43. The van der Waals surface area contributed by atoms with Crippen molar-refractivity contribution >= 4 is 29.1 Å². The number of halogens is 1. The van der Waals surface area contributed by atoms with Crippen molar-refractivity contribution in [1.82, 2.24) is 5.32 Å². The first-order valence-corrected chi connectivity index (χ1v) is 5.41.